The first-order valence-electron chi connectivity index (χ1n) is 6.50. The molecule has 7 nitrogen and oxygen atoms in total. The predicted molar refractivity (Wildman–Crippen MR) is 77.9 cm³/mol. The number of nitrogens with one attached hydrogen (secondary N) is 2. The Balaban J connectivity index is 2.48. The molecule has 0 aromatic heterocycles. The van der Waals surface area contributed by atoms with E-state index in [1.165, 1.54) is 18.2 Å². The van der Waals surface area contributed by atoms with E-state index >= 15 is 0 Å². The maximum absolute atomic E-state index is 11.7. The molecule has 0 aliphatic rings. The molecular weight excluding hydrogens is 286 g/mol. The van der Waals surface area contributed by atoms with Crippen LogP contribution in [0.5, 0.6) is 0 Å². The monoisotopic (exact) mass is 303 g/mol. The highest BCUT2D eigenvalue weighted by atomic mass is 16.5. The van der Waals surface area contributed by atoms with Crippen LogP contribution in [0.4, 0.5) is 4.79 Å². The van der Waals surface area contributed by atoms with Crippen LogP contribution in [0.1, 0.15) is 36.7 Å². The fourth-order valence-electron chi connectivity index (χ4n) is 1.46. The van der Waals surface area contributed by atoms with E-state index in [2.05, 4.69) is 5.32 Å². The van der Waals surface area contributed by atoms with Crippen LogP contribution >= 0.6 is 0 Å². The smallest absolute Gasteiger partial charge is 0.338 e. The molecule has 0 radical (unpaired) electrons. The van der Waals surface area contributed by atoms with Crippen molar-refractivity contribution in [3.63, 3.8) is 0 Å². The van der Waals surface area contributed by atoms with Crippen molar-refractivity contribution >= 4 is 17.9 Å². The van der Waals surface area contributed by atoms with Gasteiger partial charge in [0.25, 0.3) is 5.91 Å². The van der Waals surface area contributed by atoms with Gasteiger partial charge in [0.2, 0.25) is 0 Å². The Kier molecular flexibility index (Phi) is 5.64. The first-order valence-corrected chi connectivity index (χ1v) is 6.50. The highest BCUT2D eigenvalue weighted by Crippen LogP contribution is 2.05. The van der Waals surface area contributed by atoms with E-state index < -0.39 is 30.1 Å². The van der Waals surface area contributed by atoms with Crippen molar-refractivity contribution in [2.75, 3.05) is 6.61 Å². The summed E-state index contributed by atoms with van der Waals surface area (Å²) in [4.78, 5) is 34.7. The highest BCUT2D eigenvalue weighted by Gasteiger charge is 2.17. The summed E-state index contributed by atoms with van der Waals surface area (Å²) in [6.07, 6.45) is 0. The summed E-state index contributed by atoms with van der Waals surface area (Å²) in [7, 11) is 0. The topological polar surface area (TPSA) is 108 Å². The number of urea groups is 1. The average molecular weight is 303 g/mol. The zero-order valence-corrected chi connectivity index (χ0v) is 12.6. The largest absolute Gasteiger partial charge is 0.452 e. The van der Waals surface area contributed by atoms with Gasteiger partial charge in [0, 0.05) is 5.54 Å². The Bertz CT molecular complexity index is 626. The maximum Gasteiger partial charge on any atom is 0.338 e. The van der Waals surface area contributed by atoms with E-state index in [1.54, 1.807) is 26.8 Å². The Morgan fingerprint density at radius 3 is 2.55 bits per heavy atom. The summed E-state index contributed by atoms with van der Waals surface area (Å²) in [5.74, 6) is -1.49. The number of amides is 3. The zero-order valence-electron chi connectivity index (χ0n) is 12.6. The molecule has 1 aromatic rings. The van der Waals surface area contributed by atoms with Gasteiger partial charge in [-0.25, -0.2) is 9.59 Å². The van der Waals surface area contributed by atoms with Crippen LogP contribution in [-0.4, -0.2) is 30.1 Å². The lowest BCUT2D eigenvalue weighted by Gasteiger charge is -2.20. The number of rotatable bonds is 3. The van der Waals surface area contributed by atoms with Crippen LogP contribution in [0, 0.1) is 11.3 Å². The number of carbonyl (C=O) groups is 3. The van der Waals surface area contributed by atoms with Gasteiger partial charge in [-0.15, -0.1) is 0 Å². The van der Waals surface area contributed by atoms with Crippen molar-refractivity contribution in [1.29, 1.82) is 5.26 Å². The Labute approximate surface area is 128 Å². The van der Waals surface area contributed by atoms with Gasteiger partial charge in [-0.1, -0.05) is 6.07 Å². The summed E-state index contributed by atoms with van der Waals surface area (Å²) in [5, 5.41) is 13.3. The Hall–Kier alpha value is -2.88. The quantitative estimate of drug-likeness (QED) is 0.819. The lowest BCUT2D eigenvalue weighted by Crippen LogP contribution is -2.49. The second-order valence-corrected chi connectivity index (χ2v) is 5.52. The van der Waals surface area contributed by atoms with Crippen molar-refractivity contribution in [2.45, 2.75) is 26.3 Å². The third kappa shape index (κ3) is 6.05. The third-order valence-electron chi connectivity index (χ3n) is 2.30. The van der Waals surface area contributed by atoms with E-state index in [0.29, 0.717) is 5.56 Å². The standard InChI is InChI=1S/C15H17N3O4/c1-15(2,3)18-14(21)17-12(19)9-22-13(20)11-6-4-5-10(7-11)8-16/h4-7H,9H2,1-3H3,(H2,17,18,19,21). The number of imide groups is 1. The molecule has 0 heterocycles. The zero-order chi connectivity index (χ0) is 16.8. The molecular formula is C15H17N3O4. The molecule has 0 saturated heterocycles. The molecule has 0 unspecified atom stereocenters. The van der Waals surface area contributed by atoms with Gasteiger partial charge in [-0.2, -0.15) is 5.26 Å². The SMILES string of the molecule is CC(C)(C)NC(=O)NC(=O)COC(=O)c1cccc(C#N)c1. The van der Waals surface area contributed by atoms with E-state index in [1.807, 2.05) is 11.4 Å². The lowest BCUT2D eigenvalue weighted by molar-refractivity contribution is -0.123. The van der Waals surface area contributed by atoms with Crippen LogP contribution in [0.3, 0.4) is 0 Å². The molecule has 0 bridgehead atoms. The molecule has 116 valence electrons. The van der Waals surface area contributed by atoms with Gasteiger partial charge in [-0.05, 0) is 39.0 Å². The third-order valence-corrected chi connectivity index (χ3v) is 2.30. The molecule has 0 aliphatic carbocycles. The minimum Gasteiger partial charge on any atom is -0.452 e. The molecule has 1 rings (SSSR count). The molecule has 0 saturated carbocycles. The molecule has 1 aromatic carbocycles. The van der Waals surface area contributed by atoms with Crippen LogP contribution in [-0.2, 0) is 9.53 Å². The number of hydrogen-bond acceptors (Lipinski definition) is 5. The Morgan fingerprint density at radius 1 is 1.27 bits per heavy atom. The number of nitrogens with zero attached hydrogens (tertiary/aromatic N) is 1. The number of benzene rings is 1. The molecule has 0 spiro atoms. The summed E-state index contributed by atoms with van der Waals surface area (Å²) in [6, 6.07) is 7.12. The molecule has 0 atom stereocenters. The van der Waals surface area contributed by atoms with E-state index in [0.717, 1.165) is 0 Å². The van der Waals surface area contributed by atoms with Crippen molar-refractivity contribution in [2.24, 2.45) is 0 Å². The van der Waals surface area contributed by atoms with Crippen molar-refractivity contribution in [3.05, 3.63) is 35.4 Å². The van der Waals surface area contributed by atoms with Crippen LogP contribution in [0.15, 0.2) is 24.3 Å². The van der Waals surface area contributed by atoms with Crippen molar-refractivity contribution in [3.8, 4) is 6.07 Å². The predicted octanol–water partition coefficient (Wildman–Crippen LogP) is 1.34. The number of carbonyl (C=O) groups excluding carboxylic acids is 3. The molecule has 0 fully saturated rings. The average Bonchev–Trinajstić information content (AvgIpc) is 2.42. The van der Waals surface area contributed by atoms with Gasteiger partial charge in [0.05, 0.1) is 17.2 Å². The fraction of sp³-hybridized carbons (Fsp3) is 0.333. The number of esters is 1. The van der Waals surface area contributed by atoms with Crippen molar-refractivity contribution < 1.29 is 19.1 Å². The summed E-state index contributed by atoms with van der Waals surface area (Å²) < 4.78 is 4.78. The van der Waals surface area contributed by atoms with Crippen LogP contribution in [0.2, 0.25) is 0 Å². The molecule has 22 heavy (non-hydrogen) atoms. The summed E-state index contributed by atoms with van der Waals surface area (Å²) in [6.45, 7) is 4.70. The first-order chi connectivity index (χ1) is 10.2. The van der Waals surface area contributed by atoms with Crippen LogP contribution in [0.25, 0.3) is 0 Å². The summed E-state index contributed by atoms with van der Waals surface area (Å²) >= 11 is 0. The molecule has 0 aliphatic heterocycles. The fourth-order valence-corrected chi connectivity index (χ4v) is 1.46. The minimum atomic E-state index is -0.747. The van der Waals surface area contributed by atoms with E-state index in [-0.39, 0.29) is 5.56 Å². The molecule has 7 heteroatoms. The van der Waals surface area contributed by atoms with Gasteiger partial charge >= 0.3 is 12.0 Å². The van der Waals surface area contributed by atoms with Gasteiger partial charge in [0.1, 0.15) is 0 Å². The molecule has 3 amide bonds. The normalized spacial score (nSPS) is 10.3. The van der Waals surface area contributed by atoms with Gasteiger partial charge in [0.15, 0.2) is 6.61 Å². The van der Waals surface area contributed by atoms with Crippen molar-refractivity contribution in [1.82, 2.24) is 10.6 Å². The first kappa shape index (κ1) is 17.2. The minimum absolute atomic E-state index is 0.158. The Morgan fingerprint density at radius 2 is 1.95 bits per heavy atom. The second-order valence-electron chi connectivity index (χ2n) is 5.52. The second kappa shape index (κ2) is 7.22. The van der Waals surface area contributed by atoms with Gasteiger partial charge in [-0.3, -0.25) is 10.1 Å². The van der Waals surface area contributed by atoms with Crippen LogP contribution < -0.4 is 10.6 Å². The number of ether oxygens (including phenoxy) is 1. The number of nitriles is 1. The highest BCUT2D eigenvalue weighted by molar-refractivity contribution is 5.97. The maximum atomic E-state index is 11.7. The van der Waals surface area contributed by atoms with Gasteiger partial charge < -0.3 is 10.1 Å². The lowest BCUT2D eigenvalue weighted by atomic mass is 10.1. The van der Waals surface area contributed by atoms with E-state index in [9.17, 15) is 14.4 Å². The summed E-state index contributed by atoms with van der Waals surface area (Å²) in [5.41, 5.74) is -0.0202. The van der Waals surface area contributed by atoms with E-state index in [4.69, 9.17) is 10.00 Å². The molecule has 2 N–H and O–H groups in total. The number of hydrogen-bond donors (Lipinski definition) is 2.